The number of alkyl halides is 1. The number of ether oxygens (including phenoxy) is 3. The van der Waals surface area contributed by atoms with Gasteiger partial charge in [-0.2, -0.15) is 0 Å². The van der Waals surface area contributed by atoms with Crippen LogP contribution in [0.15, 0.2) is 23.0 Å². The zero-order chi connectivity index (χ0) is 23.3. The molecule has 3 fully saturated rings. The number of Topliss-reactive ketones (excluding diaryl/α,β-unsaturated/α-hetero) is 1. The fourth-order valence-electron chi connectivity index (χ4n) is 6.45. The summed E-state index contributed by atoms with van der Waals surface area (Å²) in [4.78, 5) is 51.6. The number of methoxy groups -OCH3 is 1. The number of hydrogen-bond donors (Lipinski definition) is 0. The van der Waals surface area contributed by atoms with Gasteiger partial charge in [-0.05, 0) is 36.2 Å². The molecule has 2 saturated carbocycles. The molecule has 0 aromatic carbocycles. The molecule has 0 bridgehead atoms. The van der Waals surface area contributed by atoms with Crippen LogP contribution in [0.3, 0.4) is 0 Å². The molecule has 174 valence electrons. The molecule has 0 spiro atoms. The number of ketones is 1. The third-order valence-corrected chi connectivity index (χ3v) is 8.10. The molecule has 3 aliphatic rings. The Morgan fingerprint density at radius 1 is 1.25 bits per heavy atom. The third kappa shape index (κ3) is 3.43. The lowest BCUT2D eigenvalue weighted by Gasteiger charge is -2.61. The fraction of sp³-hybridized carbons (Fsp3) is 0.652. The molecule has 0 N–H and O–H groups in total. The van der Waals surface area contributed by atoms with Crippen LogP contribution in [0.25, 0.3) is 0 Å². The van der Waals surface area contributed by atoms with Gasteiger partial charge in [-0.1, -0.05) is 13.8 Å². The maximum absolute atomic E-state index is 13.8. The van der Waals surface area contributed by atoms with Gasteiger partial charge >= 0.3 is 17.9 Å². The number of esters is 3. The van der Waals surface area contributed by atoms with Gasteiger partial charge in [0, 0.05) is 17.9 Å². The summed E-state index contributed by atoms with van der Waals surface area (Å²) in [6, 6.07) is 1.73. The Morgan fingerprint density at radius 2 is 2.00 bits per heavy atom. The van der Waals surface area contributed by atoms with E-state index in [1.54, 1.807) is 6.07 Å². The molecular weight excluding hydrogens is 440 g/mol. The number of hydrogen-bond acceptors (Lipinski definition) is 8. The Kier molecular flexibility index (Phi) is 5.86. The maximum atomic E-state index is 13.8. The van der Waals surface area contributed by atoms with Crippen LogP contribution >= 0.6 is 11.6 Å². The molecule has 32 heavy (non-hydrogen) atoms. The normalized spacial score (nSPS) is 38.8. The molecule has 2 heterocycles. The Labute approximate surface area is 190 Å². The number of halogens is 1. The summed E-state index contributed by atoms with van der Waals surface area (Å²) in [5.41, 5.74) is -0.847. The largest absolute Gasteiger partial charge is 0.472 e. The molecule has 8 nitrogen and oxygen atoms in total. The quantitative estimate of drug-likeness (QED) is 0.378. The number of fused-ring (bicyclic) bond motifs is 3. The van der Waals surface area contributed by atoms with Gasteiger partial charge in [0.2, 0.25) is 0 Å². The Bertz CT molecular complexity index is 926. The predicted molar refractivity (Wildman–Crippen MR) is 110 cm³/mol. The monoisotopic (exact) mass is 466 g/mol. The summed E-state index contributed by atoms with van der Waals surface area (Å²) in [5.74, 6) is -4.10. The number of carbonyl (C=O) groups excluding carboxylic acids is 4. The Morgan fingerprint density at radius 3 is 2.62 bits per heavy atom. The van der Waals surface area contributed by atoms with E-state index in [0.717, 1.165) is 0 Å². The van der Waals surface area contributed by atoms with E-state index in [1.165, 1.54) is 19.6 Å². The minimum Gasteiger partial charge on any atom is -0.472 e. The molecule has 0 radical (unpaired) electrons. The molecular formula is C23H27ClO8. The first kappa shape index (κ1) is 22.8. The van der Waals surface area contributed by atoms with E-state index in [-0.39, 0.29) is 18.2 Å². The van der Waals surface area contributed by atoms with Gasteiger partial charge in [-0.25, -0.2) is 0 Å². The van der Waals surface area contributed by atoms with E-state index in [0.29, 0.717) is 24.8 Å². The topological polar surface area (TPSA) is 109 Å². The van der Waals surface area contributed by atoms with Crippen LogP contribution in [0.1, 0.15) is 51.2 Å². The second kappa shape index (κ2) is 8.21. The first-order valence-corrected chi connectivity index (χ1v) is 11.3. The van der Waals surface area contributed by atoms with Crippen molar-refractivity contribution in [2.75, 3.05) is 13.0 Å². The van der Waals surface area contributed by atoms with E-state index < -0.39 is 58.6 Å². The van der Waals surface area contributed by atoms with Gasteiger partial charge < -0.3 is 18.6 Å². The van der Waals surface area contributed by atoms with E-state index in [4.69, 9.17) is 30.2 Å². The number of carbonyl (C=O) groups is 4. The third-order valence-electron chi connectivity index (χ3n) is 7.89. The molecule has 1 aliphatic heterocycles. The van der Waals surface area contributed by atoms with Crippen molar-refractivity contribution < 1.29 is 37.8 Å². The number of cyclic esters (lactones) is 1. The average Bonchev–Trinajstić information content (AvgIpc) is 3.29. The summed E-state index contributed by atoms with van der Waals surface area (Å²) in [5, 5.41) is 0. The summed E-state index contributed by atoms with van der Waals surface area (Å²) in [6.07, 6.45) is 2.73. The highest BCUT2D eigenvalue weighted by atomic mass is 35.5. The second-order valence-electron chi connectivity index (χ2n) is 9.55. The van der Waals surface area contributed by atoms with Gasteiger partial charge in [0.15, 0.2) is 11.9 Å². The van der Waals surface area contributed by atoms with Crippen LogP contribution in [0, 0.1) is 28.6 Å². The van der Waals surface area contributed by atoms with Crippen LogP contribution < -0.4 is 0 Å². The van der Waals surface area contributed by atoms with Crippen LogP contribution in [-0.2, 0) is 33.4 Å². The van der Waals surface area contributed by atoms with Gasteiger partial charge in [-0.3, -0.25) is 19.2 Å². The van der Waals surface area contributed by atoms with Crippen molar-refractivity contribution in [2.24, 2.45) is 28.6 Å². The maximum Gasteiger partial charge on any atom is 0.321 e. The van der Waals surface area contributed by atoms with E-state index in [9.17, 15) is 19.2 Å². The second-order valence-corrected chi connectivity index (χ2v) is 9.82. The summed E-state index contributed by atoms with van der Waals surface area (Å²) < 4.78 is 21.3. The zero-order valence-electron chi connectivity index (χ0n) is 18.3. The van der Waals surface area contributed by atoms with Crippen molar-refractivity contribution in [3.05, 3.63) is 24.2 Å². The first-order chi connectivity index (χ1) is 15.2. The van der Waals surface area contributed by atoms with Crippen molar-refractivity contribution in [3.8, 4) is 0 Å². The number of rotatable bonds is 4. The Balaban J connectivity index is 1.78. The molecule has 7 atom stereocenters. The molecule has 4 rings (SSSR count). The van der Waals surface area contributed by atoms with Crippen LogP contribution in [0.2, 0.25) is 0 Å². The van der Waals surface area contributed by atoms with Gasteiger partial charge in [0.1, 0.15) is 12.0 Å². The highest BCUT2D eigenvalue weighted by Crippen LogP contribution is 2.65. The van der Waals surface area contributed by atoms with Crippen LogP contribution in [-0.4, -0.2) is 42.8 Å². The molecule has 1 aromatic heterocycles. The summed E-state index contributed by atoms with van der Waals surface area (Å²) in [6.45, 7) is 3.82. The molecule has 0 unspecified atom stereocenters. The SMILES string of the molecule is COC(=O)[C@@H]1C[C@H](OC(=O)CCl)C(=O)[C@H]2[C@@]1(C)CC[C@H]1C(=O)O[C@@H](c3ccoc3)C[C@]21C. The van der Waals surface area contributed by atoms with E-state index in [2.05, 4.69) is 0 Å². The standard InChI is InChI=1S/C23H27ClO8/c1-22-6-4-13-21(28)32-16(12-5-7-30-11-12)9-23(13,2)19(22)18(26)15(31-17(25)10-24)8-14(22)20(27)29-3/h5,7,11,13-16,19H,4,6,8-10H2,1-3H3/t13-,14-,15-,16+,19-,22-,23-/m0/s1. The number of furan rings is 1. The van der Waals surface area contributed by atoms with E-state index in [1.807, 2.05) is 13.8 Å². The lowest BCUT2D eigenvalue weighted by atomic mass is 9.43. The zero-order valence-corrected chi connectivity index (χ0v) is 19.1. The van der Waals surface area contributed by atoms with Crippen LogP contribution in [0.4, 0.5) is 0 Å². The van der Waals surface area contributed by atoms with Gasteiger partial charge in [0.25, 0.3) is 0 Å². The van der Waals surface area contributed by atoms with E-state index >= 15 is 0 Å². The highest BCUT2D eigenvalue weighted by Gasteiger charge is 2.67. The first-order valence-electron chi connectivity index (χ1n) is 10.7. The molecule has 1 saturated heterocycles. The lowest BCUT2D eigenvalue weighted by Crippen LogP contribution is -2.64. The van der Waals surface area contributed by atoms with Gasteiger partial charge in [-0.15, -0.1) is 11.6 Å². The fourth-order valence-corrected chi connectivity index (χ4v) is 6.52. The summed E-state index contributed by atoms with van der Waals surface area (Å²) in [7, 11) is 1.30. The Hall–Kier alpha value is -2.35. The smallest absolute Gasteiger partial charge is 0.321 e. The minimum atomic E-state index is -1.12. The minimum absolute atomic E-state index is 0.0392. The van der Waals surface area contributed by atoms with Crippen molar-refractivity contribution in [1.29, 1.82) is 0 Å². The van der Waals surface area contributed by atoms with Crippen LogP contribution in [0.5, 0.6) is 0 Å². The van der Waals surface area contributed by atoms with Crippen molar-refractivity contribution >= 4 is 35.3 Å². The molecule has 1 aromatic rings. The van der Waals surface area contributed by atoms with Gasteiger partial charge in [0.05, 0.1) is 31.5 Å². The molecule has 9 heteroatoms. The van der Waals surface area contributed by atoms with Crippen molar-refractivity contribution in [3.63, 3.8) is 0 Å². The predicted octanol–water partition coefficient (Wildman–Crippen LogP) is 3.22. The lowest BCUT2D eigenvalue weighted by molar-refractivity contribution is -0.210. The molecule has 2 aliphatic carbocycles. The van der Waals surface area contributed by atoms with Crippen molar-refractivity contribution in [2.45, 2.75) is 51.7 Å². The average molecular weight is 467 g/mol. The highest BCUT2D eigenvalue weighted by molar-refractivity contribution is 6.26. The molecule has 0 amide bonds. The van der Waals surface area contributed by atoms with Crippen molar-refractivity contribution in [1.82, 2.24) is 0 Å². The summed E-state index contributed by atoms with van der Waals surface area (Å²) >= 11 is 5.60.